The van der Waals surface area contributed by atoms with Crippen LogP contribution in [0.15, 0.2) is 58.4 Å². The first-order chi connectivity index (χ1) is 12.0. The Labute approximate surface area is 145 Å². The van der Waals surface area contributed by atoms with E-state index < -0.39 is 10.0 Å². The number of benzene rings is 2. The lowest BCUT2D eigenvalue weighted by molar-refractivity contribution is -0.116. The van der Waals surface area contributed by atoms with E-state index in [1.165, 1.54) is 6.07 Å². The number of rotatable bonds is 5. The molecule has 1 aliphatic heterocycles. The van der Waals surface area contributed by atoms with Gasteiger partial charge < -0.3 is 10.1 Å². The zero-order valence-corrected chi connectivity index (χ0v) is 14.3. The van der Waals surface area contributed by atoms with Gasteiger partial charge in [0.05, 0.1) is 18.6 Å². The maximum Gasteiger partial charge on any atom is 0.263 e. The van der Waals surface area contributed by atoms with Crippen LogP contribution >= 0.6 is 0 Å². The van der Waals surface area contributed by atoms with Gasteiger partial charge in [0.25, 0.3) is 10.0 Å². The number of amidine groups is 1. The van der Waals surface area contributed by atoms with E-state index in [4.69, 9.17) is 4.74 Å². The number of carbonyl (C=O) groups is 1. The van der Waals surface area contributed by atoms with Crippen molar-refractivity contribution in [1.29, 1.82) is 0 Å². The number of methoxy groups -OCH3 is 1. The summed E-state index contributed by atoms with van der Waals surface area (Å²) in [6, 6.07) is 13.6. The third kappa shape index (κ3) is 3.80. The fourth-order valence-corrected chi connectivity index (χ4v) is 3.70. The monoisotopic (exact) mass is 359 g/mol. The lowest BCUT2D eigenvalue weighted by atomic mass is 10.2. The first-order valence-corrected chi connectivity index (χ1v) is 9.08. The minimum atomic E-state index is -3.56. The largest absolute Gasteiger partial charge is 0.497 e. The van der Waals surface area contributed by atoms with Gasteiger partial charge in [-0.1, -0.05) is 18.2 Å². The van der Waals surface area contributed by atoms with Crippen molar-refractivity contribution in [3.63, 3.8) is 0 Å². The zero-order chi connectivity index (χ0) is 17.9. The van der Waals surface area contributed by atoms with Crippen molar-refractivity contribution < 1.29 is 17.9 Å². The molecule has 0 bridgehead atoms. The Morgan fingerprint density at radius 3 is 2.80 bits per heavy atom. The summed E-state index contributed by atoms with van der Waals surface area (Å²) < 4.78 is 31.5. The second kappa shape index (κ2) is 6.94. The standard InChI is InChI=1S/C17H17N3O4S/c1-24-13-6-4-5-12(11-13)19-16(21)9-10-18-17-14-7-2-3-8-15(14)25(22,23)20-17/h2-8,11H,9-10H2,1H3,(H,18,20)(H,19,21). The highest BCUT2D eigenvalue weighted by atomic mass is 32.2. The quantitative estimate of drug-likeness (QED) is 0.850. The maximum atomic E-state index is 12.0. The van der Waals surface area contributed by atoms with E-state index in [1.807, 2.05) is 0 Å². The molecular formula is C17H17N3O4S. The molecule has 25 heavy (non-hydrogen) atoms. The van der Waals surface area contributed by atoms with Crippen LogP contribution in [0.25, 0.3) is 0 Å². The summed E-state index contributed by atoms with van der Waals surface area (Å²) in [6.07, 6.45) is 0.130. The number of sulfonamides is 1. The number of fused-ring (bicyclic) bond motifs is 1. The van der Waals surface area contributed by atoms with Crippen molar-refractivity contribution in [3.05, 3.63) is 54.1 Å². The average Bonchev–Trinajstić information content (AvgIpc) is 2.86. The van der Waals surface area contributed by atoms with Crippen LogP contribution in [-0.4, -0.2) is 33.8 Å². The second-order valence-corrected chi connectivity index (χ2v) is 7.01. The number of amides is 1. The van der Waals surface area contributed by atoms with E-state index in [2.05, 4.69) is 15.0 Å². The molecule has 8 heteroatoms. The highest BCUT2D eigenvalue weighted by Crippen LogP contribution is 2.22. The molecule has 2 aromatic carbocycles. The van der Waals surface area contributed by atoms with E-state index >= 15 is 0 Å². The molecule has 0 radical (unpaired) electrons. The summed E-state index contributed by atoms with van der Waals surface area (Å²) in [5.74, 6) is 0.700. The first-order valence-electron chi connectivity index (χ1n) is 7.60. The molecule has 130 valence electrons. The van der Waals surface area contributed by atoms with E-state index in [-0.39, 0.29) is 29.6 Å². The molecule has 0 aromatic heterocycles. The fourth-order valence-electron chi connectivity index (χ4n) is 2.44. The van der Waals surface area contributed by atoms with Crippen LogP contribution in [0, 0.1) is 0 Å². The van der Waals surface area contributed by atoms with E-state index in [0.29, 0.717) is 17.0 Å². The third-order valence-electron chi connectivity index (χ3n) is 3.63. The average molecular weight is 359 g/mol. The molecule has 0 atom stereocenters. The SMILES string of the molecule is COc1cccc(NC(=O)CCN=C2NS(=O)(=O)c3ccccc32)c1. The summed E-state index contributed by atoms with van der Waals surface area (Å²) in [7, 11) is -2.00. The molecule has 0 aliphatic carbocycles. The topological polar surface area (TPSA) is 96.9 Å². The highest BCUT2D eigenvalue weighted by Gasteiger charge is 2.29. The number of hydrogen-bond acceptors (Lipinski definition) is 5. The highest BCUT2D eigenvalue weighted by molar-refractivity contribution is 7.90. The first kappa shape index (κ1) is 17.0. The van der Waals surface area contributed by atoms with Crippen molar-refractivity contribution >= 4 is 27.5 Å². The van der Waals surface area contributed by atoms with Crippen molar-refractivity contribution in [2.75, 3.05) is 19.0 Å². The number of anilines is 1. The minimum absolute atomic E-state index is 0.130. The van der Waals surface area contributed by atoms with Crippen molar-refractivity contribution in [3.8, 4) is 5.75 Å². The number of aliphatic imine (C=N–C) groups is 1. The second-order valence-electron chi connectivity index (χ2n) is 5.36. The molecule has 0 fully saturated rings. The van der Waals surface area contributed by atoms with Gasteiger partial charge in [0.2, 0.25) is 5.91 Å². The van der Waals surface area contributed by atoms with Crippen LogP contribution in [-0.2, 0) is 14.8 Å². The predicted octanol–water partition coefficient (Wildman–Crippen LogP) is 1.76. The maximum absolute atomic E-state index is 12.0. The molecule has 0 saturated carbocycles. The Morgan fingerprint density at radius 1 is 1.20 bits per heavy atom. The summed E-state index contributed by atoms with van der Waals surface area (Å²) >= 11 is 0. The minimum Gasteiger partial charge on any atom is -0.497 e. The smallest absolute Gasteiger partial charge is 0.263 e. The van der Waals surface area contributed by atoms with Gasteiger partial charge in [-0.2, -0.15) is 0 Å². The van der Waals surface area contributed by atoms with Crippen LogP contribution in [0.5, 0.6) is 5.75 Å². The predicted molar refractivity (Wildman–Crippen MR) is 94.4 cm³/mol. The van der Waals surface area contributed by atoms with Gasteiger partial charge in [0, 0.05) is 23.7 Å². The van der Waals surface area contributed by atoms with Gasteiger partial charge in [-0.05, 0) is 24.3 Å². The van der Waals surface area contributed by atoms with Crippen LogP contribution < -0.4 is 14.8 Å². The third-order valence-corrected chi connectivity index (χ3v) is 5.02. The van der Waals surface area contributed by atoms with Crippen LogP contribution in [0.3, 0.4) is 0 Å². The zero-order valence-electron chi connectivity index (χ0n) is 13.5. The molecular weight excluding hydrogens is 342 g/mol. The van der Waals surface area contributed by atoms with Crippen LogP contribution in [0.1, 0.15) is 12.0 Å². The van der Waals surface area contributed by atoms with Crippen molar-refractivity contribution in [2.45, 2.75) is 11.3 Å². The summed E-state index contributed by atoms with van der Waals surface area (Å²) in [6.45, 7) is 0.169. The van der Waals surface area contributed by atoms with Gasteiger partial charge in [0.15, 0.2) is 0 Å². The Bertz CT molecular complexity index is 938. The fraction of sp³-hybridized carbons (Fsp3) is 0.176. The van der Waals surface area contributed by atoms with E-state index in [1.54, 1.807) is 49.6 Å². The molecule has 1 heterocycles. The van der Waals surface area contributed by atoms with Gasteiger partial charge in [-0.25, -0.2) is 8.42 Å². The molecule has 3 rings (SSSR count). The number of carbonyl (C=O) groups excluding carboxylic acids is 1. The number of nitrogens with one attached hydrogen (secondary N) is 2. The molecule has 0 unspecified atom stereocenters. The normalized spacial score (nSPS) is 16.1. The van der Waals surface area contributed by atoms with E-state index in [9.17, 15) is 13.2 Å². The molecule has 2 aromatic rings. The van der Waals surface area contributed by atoms with E-state index in [0.717, 1.165) is 0 Å². The molecule has 7 nitrogen and oxygen atoms in total. The lowest BCUT2D eigenvalue weighted by Gasteiger charge is -2.06. The van der Waals surface area contributed by atoms with Crippen molar-refractivity contribution in [1.82, 2.24) is 4.72 Å². The Morgan fingerprint density at radius 2 is 2.00 bits per heavy atom. The van der Waals surface area contributed by atoms with Gasteiger partial charge in [-0.3, -0.25) is 14.5 Å². The molecule has 2 N–H and O–H groups in total. The Kier molecular flexibility index (Phi) is 4.71. The van der Waals surface area contributed by atoms with Gasteiger partial charge in [0.1, 0.15) is 11.6 Å². The summed E-state index contributed by atoms with van der Waals surface area (Å²) in [5, 5.41) is 2.75. The lowest BCUT2D eigenvalue weighted by Crippen LogP contribution is -2.23. The number of hydrogen-bond donors (Lipinski definition) is 2. The Hall–Kier alpha value is -2.87. The Balaban J connectivity index is 1.63. The molecule has 1 amide bonds. The van der Waals surface area contributed by atoms with Crippen molar-refractivity contribution in [2.24, 2.45) is 4.99 Å². The van der Waals surface area contributed by atoms with Gasteiger partial charge >= 0.3 is 0 Å². The van der Waals surface area contributed by atoms with Crippen LogP contribution in [0.4, 0.5) is 5.69 Å². The number of ether oxygens (including phenoxy) is 1. The van der Waals surface area contributed by atoms with Crippen LogP contribution in [0.2, 0.25) is 0 Å². The van der Waals surface area contributed by atoms with Gasteiger partial charge in [-0.15, -0.1) is 0 Å². The molecule has 0 saturated heterocycles. The summed E-state index contributed by atoms with van der Waals surface area (Å²) in [5.41, 5.74) is 1.15. The summed E-state index contributed by atoms with van der Waals surface area (Å²) in [4.78, 5) is 16.4. The molecule has 0 spiro atoms. The number of nitrogens with zero attached hydrogens (tertiary/aromatic N) is 1. The molecule has 1 aliphatic rings.